The Bertz CT molecular complexity index is 176. The normalized spacial score (nSPS) is 25.9. The van der Waals surface area contributed by atoms with Gasteiger partial charge >= 0.3 is 0 Å². The summed E-state index contributed by atoms with van der Waals surface area (Å²) in [6.45, 7) is 1.90. The Morgan fingerprint density at radius 3 is 2.57 bits per heavy atom. The minimum Gasteiger partial charge on any atom is -0.331 e. The molecule has 1 aliphatic rings. The number of hydrogen-bond donors (Lipinski definition) is 0. The summed E-state index contributed by atoms with van der Waals surface area (Å²) in [5.74, 6) is 0. The second kappa shape index (κ2) is 6.17. The smallest absolute Gasteiger partial charge is 0.275 e. The highest BCUT2D eigenvalue weighted by molar-refractivity contribution is 14.2. The Hall–Kier alpha value is 1.34. The molecule has 5 heteroatoms. The summed E-state index contributed by atoms with van der Waals surface area (Å²) in [6, 6.07) is 0. The minimum absolute atomic E-state index is 0.297. The quantitative estimate of drug-likeness (QED) is 0.384. The third-order valence-corrected chi connectivity index (χ3v) is 3.25. The van der Waals surface area contributed by atoms with Crippen LogP contribution >= 0.6 is 45.2 Å². The number of hydrogen-bond acceptors (Lipinski definition) is 3. The second-order valence-electron chi connectivity index (χ2n) is 3.81. The molecule has 0 aromatic carbocycles. The van der Waals surface area contributed by atoms with Gasteiger partial charge in [0.05, 0.1) is 12.7 Å². The number of nitrogens with zero attached hydrogens (tertiary/aromatic N) is 1. The summed E-state index contributed by atoms with van der Waals surface area (Å²) in [7, 11) is 4.21. The molecule has 1 unspecified atom stereocenters. The first-order valence-electron chi connectivity index (χ1n) is 4.84. The summed E-state index contributed by atoms with van der Waals surface area (Å²) in [5.41, 5.74) is 0. The zero-order valence-corrected chi connectivity index (χ0v) is 12.9. The van der Waals surface area contributed by atoms with E-state index >= 15 is 0 Å². The molecular weight excluding hydrogens is 408 g/mol. The zero-order valence-electron chi connectivity index (χ0n) is 8.63. The maximum Gasteiger partial charge on any atom is 0.275 e. The lowest BCUT2D eigenvalue weighted by Gasteiger charge is -2.13. The SMILES string of the molecule is CN(C)CCCCC1COC(I)(I)O1. The molecule has 0 N–H and O–H groups in total. The molecule has 0 aromatic rings. The number of ether oxygens (including phenoxy) is 2. The highest BCUT2D eigenvalue weighted by atomic mass is 127. The average molecular weight is 425 g/mol. The van der Waals surface area contributed by atoms with E-state index in [-0.39, 0.29) is 0 Å². The van der Waals surface area contributed by atoms with Crippen molar-refractivity contribution in [3.8, 4) is 0 Å². The fourth-order valence-corrected chi connectivity index (χ4v) is 2.47. The molecule has 1 aliphatic heterocycles. The van der Waals surface area contributed by atoms with Crippen LogP contribution in [0.3, 0.4) is 0 Å². The topological polar surface area (TPSA) is 21.7 Å². The van der Waals surface area contributed by atoms with E-state index in [2.05, 4.69) is 64.2 Å². The molecule has 0 bridgehead atoms. The summed E-state index contributed by atoms with van der Waals surface area (Å²) in [4.78, 5) is 2.22. The van der Waals surface area contributed by atoms with E-state index in [9.17, 15) is 0 Å². The van der Waals surface area contributed by atoms with E-state index in [1.807, 2.05) is 0 Å². The third kappa shape index (κ3) is 5.43. The van der Waals surface area contributed by atoms with E-state index in [1.54, 1.807) is 0 Å². The fourth-order valence-electron chi connectivity index (χ4n) is 1.39. The molecule has 1 saturated heterocycles. The van der Waals surface area contributed by atoms with E-state index in [4.69, 9.17) is 9.47 Å². The van der Waals surface area contributed by atoms with Gasteiger partial charge in [0, 0.05) is 45.2 Å². The molecule has 1 atom stereocenters. The van der Waals surface area contributed by atoms with Crippen LogP contribution in [0.1, 0.15) is 19.3 Å². The van der Waals surface area contributed by atoms with Crippen molar-refractivity contribution in [3.05, 3.63) is 0 Å². The van der Waals surface area contributed by atoms with Crippen molar-refractivity contribution in [1.82, 2.24) is 4.90 Å². The van der Waals surface area contributed by atoms with Crippen LogP contribution in [0, 0.1) is 0 Å². The largest absolute Gasteiger partial charge is 0.331 e. The molecule has 0 radical (unpaired) electrons. The van der Waals surface area contributed by atoms with Crippen molar-refractivity contribution < 1.29 is 9.47 Å². The van der Waals surface area contributed by atoms with Crippen molar-refractivity contribution in [2.45, 2.75) is 27.2 Å². The number of rotatable bonds is 5. The van der Waals surface area contributed by atoms with Gasteiger partial charge in [-0.15, -0.1) is 0 Å². The van der Waals surface area contributed by atoms with Gasteiger partial charge in [-0.05, 0) is 39.9 Å². The van der Waals surface area contributed by atoms with Crippen LogP contribution in [0.2, 0.25) is 0 Å². The maximum atomic E-state index is 5.69. The monoisotopic (exact) mass is 425 g/mol. The lowest BCUT2D eigenvalue weighted by atomic mass is 10.1. The van der Waals surface area contributed by atoms with Crippen molar-refractivity contribution in [3.63, 3.8) is 0 Å². The van der Waals surface area contributed by atoms with Gasteiger partial charge in [-0.2, -0.15) is 0 Å². The van der Waals surface area contributed by atoms with Crippen LogP contribution in [-0.4, -0.2) is 40.1 Å². The van der Waals surface area contributed by atoms with Crippen LogP contribution < -0.4 is 0 Å². The molecular formula is C9H17I2NO2. The summed E-state index contributed by atoms with van der Waals surface area (Å²) in [5, 5.41) is 0. The van der Waals surface area contributed by atoms with Crippen molar-refractivity contribution in [1.29, 1.82) is 0 Å². The van der Waals surface area contributed by atoms with Crippen molar-refractivity contribution in [2.24, 2.45) is 0 Å². The summed E-state index contributed by atoms with van der Waals surface area (Å²) in [6.07, 6.45) is 3.87. The molecule has 0 aliphatic carbocycles. The first kappa shape index (κ1) is 13.4. The Morgan fingerprint density at radius 1 is 1.36 bits per heavy atom. The maximum absolute atomic E-state index is 5.69. The van der Waals surface area contributed by atoms with E-state index in [0.717, 1.165) is 19.6 Å². The Kier molecular flexibility index (Phi) is 5.91. The first-order valence-corrected chi connectivity index (χ1v) is 7.00. The predicted molar refractivity (Wildman–Crippen MR) is 74.0 cm³/mol. The van der Waals surface area contributed by atoms with E-state index < -0.39 is 1.80 Å². The molecule has 3 nitrogen and oxygen atoms in total. The predicted octanol–water partition coefficient (Wildman–Crippen LogP) is 2.62. The lowest BCUT2D eigenvalue weighted by molar-refractivity contribution is 0.0117. The van der Waals surface area contributed by atoms with Gasteiger partial charge in [0.15, 0.2) is 0 Å². The molecule has 1 fully saturated rings. The Balaban J connectivity index is 2.03. The molecule has 0 saturated carbocycles. The van der Waals surface area contributed by atoms with E-state index in [0.29, 0.717) is 6.10 Å². The van der Waals surface area contributed by atoms with Crippen molar-refractivity contribution >= 4 is 45.2 Å². The standard InChI is InChI=1S/C9H17I2NO2/c1-12(2)6-4-3-5-8-7-13-9(10,11)14-8/h8H,3-7H2,1-2H3. The minimum atomic E-state index is -0.415. The molecule has 14 heavy (non-hydrogen) atoms. The lowest BCUT2D eigenvalue weighted by Crippen LogP contribution is -2.16. The van der Waals surface area contributed by atoms with Gasteiger partial charge in [0.2, 0.25) is 0 Å². The number of alkyl halides is 2. The molecule has 0 amide bonds. The van der Waals surface area contributed by atoms with Crippen LogP contribution in [0.15, 0.2) is 0 Å². The summed E-state index contributed by atoms with van der Waals surface area (Å²) < 4.78 is 10.8. The fraction of sp³-hybridized carbons (Fsp3) is 1.00. The molecule has 84 valence electrons. The first-order chi connectivity index (χ1) is 6.49. The van der Waals surface area contributed by atoms with E-state index in [1.165, 1.54) is 12.8 Å². The van der Waals surface area contributed by atoms with Crippen LogP contribution in [-0.2, 0) is 9.47 Å². The van der Waals surface area contributed by atoms with Gasteiger partial charge < -0.3 is 14.4 Å². The molecule has 1 rings (SSSR count). The third-order valence-electron chi connectivity index (χ3n) is 2.12. The van der Waals surface area contributed by atoms with Gasteiger partial charge in [-0.3, -0.25) is 0 Å². The van der Waals surface area contributed by atoms with Gasteiger partial charge in [0.25, 0.3) is 1.80 Å². The number of halogens is 2. The molecule has 0 spiro atoms. The van der Waals surface area contributed by atoms with Crippen LogP contribution in [0.25, 0.3) is 0 Å². The second-order valence-corrected chi connectivity index (χ2v) is 8.72. The van der Waals surface area contributed by atoms with Crippen LogP contribution in [0.5, 0.6) is 0 Å². The highest BCUT2D eigenvalue weighted by Gasteiger charge is 2.35. The highest BCUT2D eigenvalue weighted by Crippen LogP contribution is 2.38. The Labute approximate surface area is 113 Å². The average Bonchev–Trinajstić information content (AvgIpc) is 2.39. The zero-order chi connectivity index (χ0) is 10.6. The molecule has 0 aromatic heterocycles. The molecule has 1 heterocycles. The van der Waals surface area contributed by atoms with Gasteiger partial charge in [0.1, 0.15) is 0 Å². The van der Waals surface area contributed by atoms with Crippen LogP contribution in [0.4, 0.5) is 0 Å². The summed E-state index contributed by atoms with van der Waals surface area (Å²) >= 11 is 4.37. The van der Waals surface area contributed by atoms with Gasteiger partial charge in [-0.25, -0.2) is 0 Å². The Morgan fingerprint density at radius 2 is 2.07 bits per heavy atom. The van der Waals surface area contributed by atoms with Crippen molar-refractivity contribution in [2.75, 3.05) is 27.2 Å². The number of unbranched alkanes of at least 4 members (excludes halogenated alkanes) is 1. The van der Waals surface area contributed by atoms with Gasteiger partial charge in [-0.1, -0.05) is 0 Å².